The molecule has 0 aliphatic carbocycles. The molecule has 288 valence electrons. The molecule has 0 spiro atoms. The number of halogens is 1. The Hall–Kier alpha value is -6.54. The fourth-order valence-electron chi connectivity index (χ4n) is 6.50. The van der Waals surface area contributed by atoms with Gasteiger partial charge in [-0.2, -0.15) is 0 Å². The molecule has 0 amide bonds. The highest BCUT2D eigenvalue weighted by Crippen LogP contribution is 2.46. The molecule has 0 aliphatic rings. The van der Waals surface area contributed by atoms with Crippen LogP contribution >= 0.6 is 22.9 Å². The normalized spacial score (nSPS) is 10.9. The minimum atomic E-state index is -0.346. The Kier molecular flexibility index (Phi) is 12.0. The monoisotopic (exact) mass is 801 g/mol. The summed E-state index contributed by atoms with van der Waals surface area (Å²) in [6.45, 7) is 3.29. The SMILES string of the molecule is CCOC(=O)c1ccc(NCc2sc3cc(OCc4ccc(-c5ccccc5)cc4)c(OCc4ccc(-c5ccccc5)cc4)cc3c2Oc2ccc(Cl)cc2)cc1. The fraction of sp³-hybridized carbons (Fsp3) is 0.100. The Bertz CT molecular complexity index is 2590. The molecule has 0 radical (unpaired) electrons. The number of ether oxygens (including phenoxy) is 4. The number of hydrogen-bond donors (Lipinski definition) is 1. The summed E-state index contributed by atoms with van der Waals surface area (Å²) in [5, 5.41) is 5.02. The first-order valence-corrected chi connectivity index (χ1v) is 20.3. The first kappa shape index (κ1) is 38.3. The Balaban J connectivity index is 1.10. The van der Waals surface area contributed by atoms with Gasteiger partial charge in [-0.3, -0.25) is 0 Å². The molecule has 0 saturated carbocycles. The molecule has 8 rings (SSSR count). The predicted octanol–water partition coefficient (Wildman–Crippen LogP) is 13.6. The molecule has 0 aliphatic heterocycles. The van der Waals surface area contributed by atoms with E-state index in [2.05, 4.69) is 78.1 Å². The molecule has 8 heteroatoms. The summed E-state index contributed by atoms with van der Waals surface area (Å²) in [4.78, 5) is 13.2. The van der Waals surface area contributed by atoms with E-state index in [1.165, 1.54) is 5.56 Å². The van der Waals surface area contributed by atoms with Crippen molar-refractivity contribution in [2.24, 2.45) is 0 Å². The van der Waals surface area contributed by atoms with Crippen LogP contribution < -0.4 is 19.5 Å². The molecular formula is C50H40ClNO5S. The fourth-order valence-corrected chi connectivity index (χ4v) is 7.71. The highest BCUT2D eigenvalue weighted by molar-refractivity contribution is 7.19. The standard InChI is InChI=1S/C50H40ClNO5S/c1-2-54-50(53)40-21-25-42(26-22-40)52-31-48-49(57-43-27-23-41(51)24-28-43)44-29-45(55-32-34-13-17-38(18-14-34)36-9-5-3-6-10-36)46(30-47(44)58-48)56-33-35-15-19-39(20-16-35)37-11-7-4-8-12-37/h3-30,52H,2,31-33H2,1H3. The summed E-state index contributed by atoms with van der Waals surface area (Å²) in [6, 6.07) is 56.2. The molecule has 1 aromatic heterocycles. The van der Waals surface area contributed by atoms with Crippen LogP contribution in [0.5, 0.6) is 23.0 Å². The van der Waals surface area contributed by atoms with Gasteiger partial charge in [0.05, 0.1) is 23.6 Å². The summed E-state index contributed by atoms with van der Waals surface area (Å²) >= 11 is 7.85. The minimum Gasteiger partial charge on any atom is -0.485 e. The van der Waals surface area contributed by atoms with Crippen LogP contribution in [0.1, 0.15) is 33.3 Å². The quantitative estimate of drug-likeness (QED) is 0.104. The predicted molar refractivity (Wildman–Crippen MR) is 235 cm³/mol. The van der Waals surface area contributed by atoms with Crippen LogP contribution in [-0.4, -0.2) is 12.6 Å². The molecule has 1 heterocycles. The lowest BCUT2D eigenvalue weighted by atomic mass is 10.0. The summed E-state index contributed by atoms with van der Waals surface area (Å²) < 4.78 is 25.9. The van der Waals surface area contributed by atoms with Crippen LogP contribution in [0.2, 0.25) is 5.02 Å². The van der Waals surface area contributed by atoms with E-state index in [1.54, 1.807) is 30.4 Å². The van der Waals surface area contributed by atoms with Gasteiger partial charge in [-0.05, 0) is 94.9 Å². The lowest BCUT2D eigenvalue weighted by Gasteiger charge is -2.15. The van der Waals surface area contributed by atoms with Crippen molar-refractivity contribution < 1.29 is 23.7 Å². The van der Waals surface area contributed by atoms with E-state index < -0.39 is 0 Å². The lowest BCUT2D eigenvalue weighted by molar-refractivity contribution is 0.0526. The lowest BCUT2D eigenvalue weighted by Crippen LogP contribution is -2.05. The van der Waals surface area contributed by atoms with E-state index in [-0.39, 0.29) is 5.97 Å². The van der Waals surface area contributed by atoms with Gasteiger partial charge in [0.1, 0.15) is 19.0 Å². The largest absolute Gasteiger partial charge is 0.485 e. The molecule has 0 saturated heterocycles. The van der Waals surface area contributed by atoms with E-state index in [0.717, 1.165) is 48.5 Å². The molecule has 1 N–H and O–H groups in total. The maximum Gasteiger partial charge on any atom is 0.338 e. The minimum absolute atomic E-state index is 0.324. The molecule has 8 aromatic rings. The Morgan fingerprint density at radius 2 is 1.16 bits per heavy atom. The third-order valence-corrected chi connectivity index (χ3v) is 11.0. The van der Waals surface area contributed by atoms with Gasteiger partial charge >= 0.3 is 5.97 Å². The highest BCUT2D eigenvalue weighted by Gasteiger charge is 2.20. The zero-order valence-electron chi connectivity index (χ0n) is 31.8. The van der Waals surface area contributed by atoms with E-state index >= 15 is 0 Å². The van der Waals surface area contributed by atoms with Crippen molar-refractivity contribution in [3.63, 3.8) is 0 Å². The number of carbonyl (C=O) groups is 1. The van der Waals surface area contributed by atoms with Crippen molar-refractivity contribution in [2.75, 3.05) is 11.9 Å². The van der Waals surface area contributed by atoms with Crippen LogP contribution in [0.15, 0.2) is 170 Å². The van der Waals surface area contributed by atoms with Crippen LogP contribution in [-0.2, 0) is 24.5 Å². The highest BCUT2D eigenvalue weighted by atomic mass is 35.5. The van der Waals surface area contributed by atoms with Crippen molar-refractivity contribution in [1.29, 1.82) is 0 Å². The van der Waals surface area contributed by atoms with Crippen molar-refractivity contribution in [1.82, 2.24) is 0 Å². The molecule has 7 aromatic carbocycles. The first-order valence-electron chi connectivity index (χ1n) is 19.1. The van der Waals surface area contributed by atoms with E-state index in [9.17, 15) is 4.79 Å². The number of nitrogens with one attached hydrogen (secondary N) is 1. The Morgan fingerprint density at radius 1 is 0.621 bits per heavy atom. The second-order valence-corrected chi connectivity index (χ2v) is 15.1. The summed E-state index contributed by atoms with van der Waals surface area (Å²) in [6.07, 6.45) is 0. The first-order chi connectivity index (χ1) is 28.5. The second-order valence-electron chi connectivity index (χ2n) is 13.6. The zero-order valence-corrected chi connectivity index (χ0v) is 33.4. The molecule has 6 nitrogen and oxygen atoms in total. The van der Waals surface area contributed by atoms with Gasteiger partial charge in [-0.1, -0.05) is 121 Å². The van der Waals surface area contributed by atoms with E-state index in [4.69, 9.17) is 30.5 Å². The average molecular weight is 802 g/mol. The van der Waals surface area contributed by atoms with Gasteiger partial charge in [0, 0.05) is 26.9 Å². The van der Waals surface area contributed by atoms with Crippen LogP contribution in [0, 0.1) is 0 Å². The molecule has 0 atom stereocenters. The third kappa shape index (κ3) is 9.35. The number of rotatable bonds is 15. The van der Waals surface area contributed by atoms with Gasteiger partial charge in [-0.25, -0.2) is 4.79 Å². The topological polar surface area (TPSA) is 66.0 Å². The number of benzene rings is 7. The van der Waals surface area contributed by atoms with Gasteiger partial charge in [-0.15, -0.1) is 11.3 Å². The van der Waals surface area contributed by atoms with Gasteiger partial charge in [0.15, 0.2) is 17.2 Å². The molecule has 0 bridgehead atoms. The van der Waals surface area contributed by atoms with E-state index in [0.29, 0.717) is 59.9 Å². The van der Waals surface area contributed by atoms with Gasteiger partial charge in [0.25, 0.3) is 0 Å². The summed E-state index contributed by atoms with van der Waals surface area (Å²) in [5.74, 6) is 2.26. The van der Waals surface area contributed by atoms with Crippen molar-refractivity contribution in [2.45, 2.75) is 26.7 Å². The maximum absolute atomic E-state index is 12.2. The van der Waals surface area contributed by atoms with Crippen LogP contribution in [0.25, 0.3) is 32.3 Å². The van der Waals surface area contributed by atoms with Crippen molar-refractivity contribution in [3.8, 4) is 45.3 Å². The van der Waals surface area contributed by atoms with Crippen molar-refractivity contribution in [3.05, 3.63) is 196 Å². The number of hydrogen-bond acceptors (Lipinski definition) is 7. The van der Waals surface area contributed by atoms with Crippen LogP contribution in [0.3, 0.4) is 0 Å². The molecule has 0 fully saturated rings. The van der Waals surface area contributed by atoms with E-state index in [1.807, 2.05) is 84.9 Å². The zero-order chi connectivity index (χ0) is 39.7. The number of thiophene rings is 1. The van der Waals surface area contributed by atoms with Gasteiger partial charge < -0.3 is 24.3 Å². The molecule has 0 unspecified atom stereocenters. The Labute approximate surface area is 347 Å². The smallest absolute Gasteiger partial charge is 0.338 e. The molecule has 58 heavy (non-hydrogen) atoms. The number of carbonyl (C=O) groups excluding carboxylic acids is 1. The maximum atomic E-state index is 12.2. The Morgan fingerprint density at radius 3 is 1.71 bits per heavy atom. The van der Waals surface area contributed by atoms with Gasteiger partial charge in [0.2, 0.25) is 0 Å². The average Bonchev–Trinajstić information content (AvgIpc) is 3.61. The van der Waals surface area contributed by atoms with Crippen molar-refractivity contribution >= 4 is 44.7 Å². The number of fused-ring (bicyclic) bond motifs is 1. The summed E-state index contributed by atoms with van der Waals surface area (Å²) in [7, 11) is 0. The summed E-state index contributed by atoms with van der Waals surface area (Å²) in [5.41, 5.74) is 8.05. The number of esters is 1. The van der Waals surface area contributed by atoms with Crippen LogP contribution in [0.4, 0.5) is 5.69 Å². The number of anilines is 1. The molecular weight excluding hydrogens is 762 g/mol. The second kappa shape index (κ2) is 18.2. The third-order valence-electron chi connectivity index (χ3n) is 9.57.